The highest BCUT2D eigenvalue weighted by molar-refractivity contribution is 5.96. The molecule has 0 spiro atoms. The number of rotatable bonds is 1. The molecule has 2 aliphatic heterocycles. The summed E-state index contributed by atoms with van der Waals surface area (Å²) in [6, 6.07) is 8.07. The standard InChI is InChI=1S/C15H20N2O2/c1-10-6-12(9-19-10)15(18)17-8-13(16)7-11-4-2-3-5-14(11)17/h2-5,10,12-13H,6-9,16H2,1H3. The Hall–Kier alpha value is -1.39. The first-order valence-electron chi connectivity index (χ1n) is 6.91. The van der Waals surface area contributed by atoms with E-state index >= 15 is 0 Å². The molecule has 0 radical (unpaired) electrons. The van der Waals surface area contributed by atoms with Crippen molar-refractivity contribution in [1.29, 1.82) is 0 Å². The molecule has 0 saturated carbocycles. The summed E-state index contributed by atoms with van der Waals surface area (Å²) in [7, 11) is 0. The number of para-hydroxylation sites is 1. The minimum absolute atomic E-state index is 0.0200. The third-order valence-corrected chi connectivity index (χ3v) is 4.00. The molecule has 1 saturated heterocycles. The Labute approximate surface area is 113 Å². The fraction of sp³-hybridized carbons (Fsp3) is 0.533. The number of carbonyl (C=O) groups is 1. The quantitative estimate of drug-likeness (QED) is 0.828. The van der Waals surface area contributed by atoms with Gasteiger partial charge in [0.05, 0.1) is 18.6 Å². The van der Waals surface area contributed by atoms with E-state index in [9.17, 15) is 4.79 Å². The van der Waals surface area contributed by atoms with Gasteiger partial charge in [-0.05, 0) is 31.4 Å². The number of carbonyl (C=O) groups excluding carboxylic acids is 1. The van der Waals surface area contributed by atoms with Crippen molar-refractivity contribution in [3.8, 4) is 0 Å². The van der Waals surface area contributed by atoms with E-state index in [4.69, 9.17) is 10.5 Å². The van der Waals surface area contributed by atoms with Crippen LogP contribution in [-0.2, 0) is 16.0 Å². The SMILES string of the molecule is CC1CC(C(=O)N2CC(N)Cc3ccccc32)CO1. The van der Waals surface area contributed by atoms with E-state index in [-0.39, 0.29) is 24.0 Å². The van der Waals surface area contributed by atoms with Gasteiger partial charge in [0.15, 0.2) is 0 Å². The summed E-state index contributed by atoms with van der Waals surface area (Å²) in [4.78, 5) is 14.5. The van der Waals surface area contributed by atoms with Crippen LogP contribution in [-0.4, -0.2) is 31.2 Å². The van der Waals surface area contributed by atoms with Crippen LogP contribution in [0.15, 0.2) is 24.3 Å². The molecule has 3 atom stereocenters. The summed E-state index contributed by atoms with van der Waals surface area (Å²) < 4.78 is 5.51. The highest BCUT2D eigenvalue weighted by Crippen LogP contribution is 2.30. The van der Waals surface area contributed by atoms with Crippen LogP contribution in [0.25, 0.3) is 0 Å². The van der Waals surface area contributed by atoms with Crippen molar-refractivity contribution in [2.24, 2.45) is 11.7 Å². The van der Waals surface area contributed by atoms with Crippen LogP contribution in [0.3, 0.4) is 0 Å². The Morgan fingerprint density at radius 1 is 1.42 bits per heavy atom. The topological polar surface area (TPSA) is 55.6 Å². The normalized spacial score (nSPS) is 30.2. The van der Waals surface area contributed by atoms with Gasteiger partial charge in [-0.25, -0.2) is 0 Å². The van der Waals surface area contributed by atoms with Gasteiger partial charge in [0.2, 0.25) is 5.91 Å². The second-order valence-electron chi connectivity index (χ2n) is 5.62. The largest absolute Gasteiger partial charge is 0.378 e. The Balaban J connectivity index is 1.86. The van der Waals surface area contributed by atoms with Gasteiger partial charge in [-0.2, -0.15) is 0 Å². The smallest absolute Gasteiger partial charge is 0.232 e. The molecule has 102 valence electrons. The number of nitrogens with two attached hydrogens (primary N) is 1. The zero-order valence-corrected chi connectivity index (χ0v) is 11.2. The van der Waals surface area contributed by atoms with Gasteiger partial charge >= 0.3 is 0 Å². The lowest BCUT2D eigenvalue weighted by atomic mass is 9.96. The third kappa shape index (κ3) is 2.38. The van der Waals surface area contributed by atoms with Crippen LogP contribution in [0.5, 0.6) is 0 Å². The van der Waals surface area contributed by atoms with Crippen molar-refractivity contribution in [3.05, 3.63) is 29.8 Å². The first-order chi connectivity index (χ1) is 9.15. The first kappa shape index (κ1) is 12.6. The molecule has 1 fully saturated rings. The third-order valence-electron chi connectivity index (χ3n) is 4.00. The Morgan fingerprint density at radius 3 is 2.95 bits per heavy atom. The van der Waals surface area contributed by atoms with E-state index in [1.807, 2.05) is 30.0 Å². The molecule has 0 aliphatic carbocycles. The number of amides is 1. The van der Waals surface area contributed by atoms with E-state index < -0.39 is 0 Å². The van der Waals surface area contributed by atoms with Crippen molar-refractivity contribution in [3.63, 3.8) is 0 Å². The Bertz CT molecular complexity index is 489. The predicted molar refractivity (Wildman–Crippen MR) is 74.0 cm³/mol. The lowest BCUT2D eigenvalue weighted by Crippen LogP contribution is -2.48. The number of fused-ring (bicyclic) bond motifs is 1. The lowest BCUT2D eigenvalue weighted by molar-refractivity contribution is -0.122. The summed E-state index contributed by atoms with van der Waals surface area (Å²) in [5, 5.41) is 0. The highest BCUT2D eigenvalue weighted by Gasteiger charge is 2.35. The maximum atomic E-state index is 12.6. The Kier molecular flexibility index (Phi) is 3.29. The molecule has 2 N–H and O–H groups in total. The maximum absolute atomic E-state index is 12.6. The van der Waals surface area contributed by atoms with Crippen molar-refractivity contribution in [1.82, 2.24) is 0 Å². The fourth-order valence-corrected chi connectivity index (χ4v) is 3.04. The van der Waals surface area contributed by atoms with Gasteiger partial charge in [-0.15, -0.1) is 0 Å². The molecule has 19 heavy (non-hydrogen) atoms. The molecule has 3 unspecified atom stereocenters. The first-order valence-corrected chi connectivity index (χ1v) is 6.91. The minimum atomic E-state index is -0.0200. The molecular weight excluding hydrogens is 240 g/mol. The number of nitrogens with zero attached hydrogens (tertiary/aromatic N) is 1. The van der Waals surface area contributed by atoms with E-state index in [1.54, 1.807) is 0 Å². The Morgan fingerprint density at radius 2 is 2.21 bits per heavy atom. The minimum Gasteiger partial charge on any atom is -0.378 e. The average Bonchev–Trinajstić information content (AvgIpc) is 2.83. The molecule has 4 nitrogen and oxygen atoms in total. The maximum Gasteiger partial charge on any atom is 0.232 e. The number of ether oxygens (including phenoxy) is 1. The summed E-state index contributed by atoms with van der Waals surface area (Å²) >= 11 is 0. The van der Waals surface area contributed by atoms with Crippen LogP contribution in [0.4, 0.5) is 5.69 Å². The van der Waals surface area contributed by atoms with Gasteiger partial charge in [0.25, 0.3) is 0 Å². The molecule has 2 aliphatic rings. The van der Waals surface area contributed by atoms with Crippen molar-refractivity contribution < 1.29 is 9.53 Å². The number of hydrogen-bond acceptors (Lipinski definition) is 3. The molecule has 1 aromatic rings. The number of hydrogen-bond donors (Lipinski definition) is 1. The molecule has 3 rings (SSSR count). The van der Waals surface area contributed by atoms with Crippen molar-refractivity contribution >= 4 is 11.6 Å². The van der Waals surface area contributed by atoms with E-state index in [2.05, 4.69) is 6.07 Å². The van der Waals surface area contributed by atoms with Crippen LogP contribution >= 0.6 is 0 Å². The summed E-state index contributed by atoms with van der Waals surface area (Å²) in [5.41, 5.74) is 8.27. The zero-order chi connectivity index (χ0) is 13.4. The molecule has 4 heteroatoms. The molecular formula is C15H20N2O2. The van der Waals surface area contributed by atoms with E-state index in [0.717, 1.165) is 18.5 Å². The zero-order valence-electron chi connectivity index (χ0n) is 11.2. The van der Waals surface area contributed by atoms with Gasteiger partial charge < -0.3 is 15.4 Å². The van der Waals surface area contributed by atoms with Crippen molar-refractivity contribution in [2.45, 2.75) is 31.9 Å². The van der Waals surface area contributed by atoms with E-state index in [1.165, 1.54) is 5.56 Å². The van der Waals surface area contributed by atoms with E-state index in [0.29, 0.717) is 13.2 Å². The molecule has 0 bridgehead atoms. The van der Waals surface area contributed by atoms with Crippen LogP contribution in [0.2, 0.25) is 0 Å². The van der Waals surface area contributed by atoms with Crippen molar-refractivity contribution in [2.75, 3.05) is 18.1 Å². The van der Waals surface area contributed by atoms with Gasteiger partial charge in [-0.3, -0.25) is 4.79 Å². The number of anilines is 1. The van der Waals surface area contributed by atoms with Crippen LogP contribution in [0.1, 0.15) is 18.9 Å². The van der Waals surface area contributed by atoms with Gasteiger partial charge in [0.1, 0.15) is 0 Å². The van der Waals surface area contributed by atoms with Gasteiger partial charge in [0, 0.05) is 18.3 Å². The lowest BCUT2D eigenvalue weighted by Gasteiger charge is -2.34. The molecule has 1 amide bonds. The molecule has 1 aromatic carbocycles. The molecule has 0 aromatic heterocycles. The van der Waals surface area contributed by atoms with Crippen LogP contribution in [0, 0.1) is 5.92 Å². The fourth-order valence-electron chi connectivity index (χ4n) is 3.04. The summed E-state index contributed by atoms with van der Waals surface area (Å²) in [5.74, 6) is 0.139. The number of benzene rings is 1. The second-order valence-corrected chi connectivity index (χ2v) is 5.62. The van der Waals surface area contributed by atoms with Crippen LogP contribution < -0.4 is 10.6 Å². The molecule has 2 heterocycles. The highest BCUT2D eigenvalue weighted by atomic mass is 16.5. The summed E-state index contributed by atoms with van der Waals surface area (Å²) in [6.07, 6.45) is 1.84. The monoisotopic (exact) mass is 260 g/mol. The predicted octanol–water partition coefficient (Wildman–Crippen LogP) is 1.33. The van der Waals surface area contributed by atoms with Gasteiger partial charge in [-0.1, -0.05) is 18.2 Å². The second kappa shape index (κ2) is 4.94. The summed E-state index contributed by atoms with van der Waals surface area (Å²) in [6.45, 7) is 3.16. The average molecular weight is 260 g/mol.